The van der Waals surface area contributed by atoms with Gasteiger partial charge in [-0.25, -0.2) is 4.98 Å². The van der Waals surface area contributed by atoms with Crippen molar-refractivity contribution >= 4 is 45.2 Å². The molecule has 1 saturated heterocycles. The number of nitrogens with two attached hydrogens (primary N) is 1. The van der Waals surface area contributed by atoms with Crippen LogP contribution >= 0.6 is 22.6 Å². The second-order valence-corrected chi connectivity index (χ2v) is 7.75. The highest BCUT2D eigenvalue weighted by Crippen LogP contribution is 2.34. The lowest BCUT2D eigenvalue weighted by molar-refractivity contribution is 0.0303. The topological polar surface area (TPSA) is 92.2 Å². The molecule has 0 saturated carbocycles. The third-order valence-corrected chi connectivity index (χ3v) is 5.48. The zero-order valence-corrected chi connectivity index (χ0v) is 17.1. The molecule has 6 nitrogen and oxygen atoms in total. The van der Waals surface area contributed by atoms with Crippen molar-refractivity contribution in [3.8, 4) is 17.2 Å². The van der Waals surface area contributed by atoms with Crippen LogP contribution in [-0.2, 0) is 4.74 Å². The van der Waals surface area contributed by atoms with E-state index < -0.39 is 0 Å². The van der Waals surface area contributed by atoms with Gasteiger partial charge in [0.05, 0.1) is 24.3 Å². The van der Waals surface area contributed by atoms with Crippen molar-refractivity contribution in [3.05, 3.63) is 57.2 Å². The summed E-state index contributed by atoms with van der Waals surface area (Å²) in [5.41, 5.74) is 9.35. The van der Waals surface area contributed by atoms with Crippen molar-refractivity contribution in [1.29, 1.82) is 5.26 Å². The number of fused-ring (bicyclic) bond motifs is 1. The maximum Gasteiger partial charge on any atom is 0.254 e. The number of rotatable bonds is 2. The molecule has 0 bridgehead atoms. The van der Waals surface area contributed by atoms with Gasteiger partial charge in [0.15, 0.2) is 0 Å². The van der Waals surface area contributed by atoms with Crippen molar-refractivity contribution in [1.82, 2.24) is 9.88 Å². The van der Waals surface area contributed by atoms with Gasteiger partial charge >= 0.3 is 0 Å². The Kier molecular flexibility index (Phi) is 5.15. The van der Waals surface area contributed by atoms with E-state index in [2.05, 4.69) is 33.6 Å². The number of anilines is 1. The number of carbonyl (C=O) groups is 1. The number of benzene rings is 2. The molecule has 0 spiro atoms. The summed E-state index contributed by atoms with van der Waals surface area (Å²) in [5.74, 6) is 0.284. The van der Waals surface area contributed by atoms with Gasteiger partial charge < -0.3 is 15.4 Å². The molecule has 1 aliphatic rings. The first-order chi connectivity index (χ1) is 13.6. The second kappa shape index (κ2) is 7.73. The van der Waals surface area contributed by atoms with E-state index in [-0.39, 0.29) is 5.91 Å². The third kappa shape index (κ3) is 3.41. The number of hydrogen-bond acceptors (Lipinski definition) is 5. The Hall–Kier alpha value is -2.70. The second-order valence-electron chi connectivity index (χ2n) is 6.50. The van der Waals surface area contributed by atoms with Crippen LogP contribution in [0.25, 0.3) is 22.0 Å². The summed E-state index contributed by atoms with van der Waals surface area (Å²) in [5, 5.41) is 10.6. The Morgan fingerprint density at radius 3 is 2.57 bits per heavy atom. The van der Waals surface area contributed by atoms with Gasteiger partial charge in [-0.2, -0.15) is 5.26 Å². The van der Waals surface area contributed by atoms with Crippen LogP contribution in [0.3, 0.4) is 0 Å². The van der Waals surface area contributed by atoms with E-state index in [1.165, 1.54) is 0 Å². The molecule has 140 valence electrons. The minimum atomic E-state index is -0.0190. The number of carbonyl (C=O) groups excluding carboxylic acids is 1. The van der Waals surface area contributed by atoms with Gasteiger partial charge in [0, 0.05) is 33.2 Å². The maximum atomic E-state index is 12.6. The predicted octanol–water partition coefficient (Wildman–Crippen LogP) is 3.43. The Labute approximate surface area is 176 Å². The van der Waals surface area contributed by atoms with Gasteiger partial charge in [0.2, 0.25) is 0 Å². The predicted molar refractivity (Wildman–Crippen MR) is 116 cm³/mol. The first-order valence-corrected chi connectivity index (χ1v) is 9.92. The number of nitriles is 1. The molecule has 2 N–H and O–H groups in total. The summed E-state index contributed by atoms with van der Waals surface area (Å²) in [4.78, 5) is 18.9. The number of morpholine rings is 1. The molecule has 0 radical (unpaired) electrons. The Balaban J connectivity index is 1.75. The molecule has 1 aliphatic heterocycles. The summed E-state index contributed by atoms with van der Waals surface area (Å²) in [6, 6.07) is 15.2. The minimum absolute atomic E-state index is 0.0190. The molecule has 1 amide bonds. The molecule has 4 rings (SSSR count). The normalized spacial score (nSPS) is 14.1. The average molecular weight is 484 g/mol. The molecule has 7 heteroatoms. The van der Waals surface area contributed by atoms with E-state index >= 15 is 0 Å². The summed E-state index contributed by atoms with van der Waals surface area (Å²) in [7, 11) is 0. The van der Waals surface area contributed by atoms with Gasteiger partial charge in [-0.3, -0.25) is 4.79 Å². The lowest BCUT2D eigenvalue weighted by atomic mass is 9.96. The van der Waals surface area contributed by atoms with Crippen LogP contribution < -0.4 is 5.73 Å². The number of nitrogens with zero attached hydrogens (tertiary/aromatic N) is 3. The van der Waals surface area contributed by atoms with E-state index in [4.69, 9.17) is 10.5 Å². The summed E-state index contributed by atoms with van der Waals surface area (Å²) in [6.45, 7) is 2.32. The summed E-state index contributed by atoms with van der Waals surface area (Å²) >= 11 is 2.21. The standard InChI is InChI=1S/C21H17IN4O2/c22-15-5-6-18-16(11-15)17(12-23)19(20(24)25-18)13-1-3-14(4-2-13)21(27)26-7-9-28-10-8-26/h1-6,11H,7-10H2,(H2,24,25). The van der Waals surface area contributed by atoms with E-state index in [0.29, 0.717) is 54.3 Å². The van der Waals surface area contributed by atoms with E-state index in [1.807, 2.05) is 30.3 Å². The van der Waals surface area contributed by atoms with Crippen molar-refractivity contribution < 1.29 is 9.53 Å². The summed E-state index contributed by atoms with van der Waals surface area (Å²) < 4.78 is 6.32. The lowest BCUT2D eigenvalue weighted by Crippen LogP contribution is -2.40. The maximum absolute atomic E-state index is 12.6. The molecule has 0 unspecified atom stereocenters. The highest BCUT2D eigenvalue weighted by molar-refractivity contribution is 14.1. The van der Waals surface area contributed by atoms with Crippen molar-refractivity contribution in [2.24, 2.45) is 0 Å². The first kappa shape index (κ1) is 18.7. The molecular formula is C21H17IN4O2. The minimum Gasteiger partial charge on any atom is -0.383 e. The van der Waals surface area contributed by atoms with Crippen LogP contribution in [0.15, 0.2) is 42.5 Å². The zero-order valence-electron chi connectivity index (χ0n) is 15.0. The van der Waals surface area contributed by atoms with Crippen LogP contribution in [0, 0.1) is 14.9 Å². The molecule has 1 aromatic heterocycles. The fraction of sp³-hybridized carbons (Fsp3) is 0.190. The number of nitrogen functional groups attached to an aromatic ring is 1. The number of amides is 1. The molecule has 2 heterocycles. The van der Waals surface area contributed by atoms with Gasteiger partial charge in [0.25, 0.3) is 5.91 Å². The molecule has 28 heavy (non-hydrogen) atoms. The first-order valence-electron chi connectivity index (χ1n) is 8.85. The molecule has 1 fully saturated rings. The Bertz CT molecular complexity index is 1100. The fourth-order valence-electron chi connectivity index (χ4n) is 3.39. The van der Waals surface area contributed by atoms with Crippen molar-refractivity contribution in [2.45, 2.75) is 0 Å². The SMILES string of the molecule is N#Cc1c(-c2ccc(C(=O)N3CCOCC3)cc2)c(N)nc2ccc(I)cc12. The average Bonchev–Trinajstić information content (AvgIpc) is 2.73. The molecule has 3 aromatic rings. The smallest absolute Gasteiger partial charge is 0.254 e. The van der Waals surface area contributed by atoms with Crippen LogP contribution in [0.2, 0.25) is 0 Å². The van der Waals surface area contributed by atoms with Crippen LogP contribution in [-0.4, -0.2) is 42.1 Å². The van der Waals surface area contributed by atoms with Crippen molar-refractivity contribution in [3.63, 3.8) is 0 Å². The number of aromatic nitrogens is 1. The quantitative estimate of drug-likeness (QED) is 0.563. The van der Waals surface area contributed by atoms with Gasteiger partial charge in [-0.1, -0.05) is 12.1 Å². The summed E-state index contributed by atoms with van der Waals surface area (Å²) in [6.07, 6.45) is 0. The Morgan fingerprint density at radius 1 is 1.18 bits per heavy atom. The van der Waals surface area contributed by atoms with Gasteiger partial charge in [0.1, 0.15) is 11.9 Å². The van der Waals surface area contributed by atoms with Crippen molar-refractivity contribution in [2.75, 3.05) is 32.0 Å². The van der Waals surface area contributed by atoms with Gasteiger partial charge in [-0.05, 0) is 58.5 Å². The number of halogens is 1. The lowest BCUT2D eigenvalue weighted by Gasteiger charge is -2.26. The number of pyridine rings is 1. The van der Waals surface area contributed by atoms with Crippen LogP contribution in [0.5, 0.6) is 0 Å². The highest BCUT2D eigenvalue weighted by Gasteiger charge is 2.20. The zero-order chi connectivity index (χ0) is 19.7. The monoisotopic (exact) mass is 484 g/mol. The molecule has 2 aromatic carbocycles. The van der Waals surface area contributed by atoms with Crippen LogP contribution in [0.4, 0.5) is 5.82 Å². The van der Waals surface area contributed by atoms with Crippen LogP contribution in [0.1, 0.15) is 15.9 Å². The molecular weight excluding hydrogens is 467 g/mol. The van der Waals surface area contributed by atoms with Gasteiger partial charge in [-0.15, -0.1) is 0 Å². The van der Waals surface area contributed by atoms with E-state index in [9.17, 15) is 10.1 Å². The van der Waals surface area contributed by atoms with E-state index in [0.717, 1.165) is 14.5 Å². The number of hydrogen-bond donors (Lipinski definition) is 1. The molecule has 0 atom stereocenters. The van der Waals surface area contributed by atoms with E-state index in [1.54, 1.807) is 17.0 Å². The fourth-order valence-corrected chi connectivity index (χ4v) is 3.88. The largest absolute Gasteiger partial charge is 0.383 e. The third-order valence-electron chi connectivity index (χ3n) is 4.81. The highest BCUT2D eigenvalue weighted by atomic mass is 127. The molecule has 0 aliphatic carbocycles. The number of ether oxygens (including phenoxy) is 1. The Morgan fingerprint density at radius 2 is 1.89 bits per heavy atom.